The smallest absolute Gasteiger partial charge is 0.320 e. The van der Waals surface area contributed by atoms with Crippen LogP contribution in [0.2, 0.25) is 0 Å². The maximum absolute atomic E-state index is 11.8. The summed E-state index contributed by atoms with van der Waals surface area (Å²) in [6.07, 6.45) is 2.33. The van der Waals surface area contributed by atoms with Crippen molar-refractivity contribution >= 4 is 11.8 Å². The van der Waals surface area contributed by atoms with Crippen LogP contribution in [-0.2, 0) is 4.74 Å². The highest BCUT2D eigenvalue weighted by Gasteiger charge is 2.32. The molecule has 2 N–H and O–H groups in total. The number of aryl methyl sites for hydroxylation is 1. The summed E-state index contributed by atoms with van der Waals surface area (Å²) in [5.41, 5.74) is 0.878. The van der Waals surface area contributed by atoms with Gasteiger partial charge in [0, 0.05) is 12.8 Å². The summed E-state index contributed by atoms with van der Waals surface area (Å²) in [5, 5.41) is 5.67. The lowest BCUT2D eigenvalue weighted by atomic mass is 10.2. The van der Waals surface area contributed by atoms with Gasteiger partial charge in [0.25, 0.3) is 0 Å². The van der Waals surface area contributed by atoms with Crippen molar-refractivity contribution in [3.8, 4) is 0 Å². The van der Waals surface area contributed by atoms with Gasteiger partial charge in [0.05, 0.1) is 12.6 Å². The van der Waals surface area contributed by atoms with Gasteiger partial charge in [-0.3, -0.25) is 5.32 Å². The minimum atomic E-state index is -0.220. The molecule has 18 heavy (non-hydrogen) atoms. The van der Waals surface area contributed by atoms with Gasteiger partial charge in [-0.15, -0.1) is 0 Å². The van der Waals surface area contributed by atoms with Crippen LogP contribution in [-0.4, -0.2) is 30.8 Å². The largest absolute Gasteiger partial charge is 0.383 e. The Morgan fingerprint density at radius 1 is 1.56 bits per heavy atom. The molecule has 1 aliphatic rings. The van der Waals surface area contributed by atoms with Crippen LogP contribution in [0.15, 0.2) is 18.2 Å². The number of amides is 2. The number of methoxy groups -OCH3 is 1. The van der Waals surface area contributed by atoms with E-state index in [1.807, 2.05) is 19.1 Å². The van der Waals surface area contributed by atoms with Crippen LogP contribution in [0.4, 0.5) is 10.6 Å². The van der Waals surface area contributed by atoms with Crippen LogP contribution in [0.1, 0.15) is 18.5 Å². The minimum Gasteiger partial charge on any atom is -0.383 e. The molecule has 1 heterocycles. The van der Waals surface area contributed by atoms with E-state index >= 15 is 0 Å². The normalized spacial score (nSPS) is 16.1. The standard InChI is InChI=1S/C13H19N3O2/c1-9-4-3-5-12(14-9)16-13(17)15-11(8-18-2)10-6-7-10/h3-5,10-11H,6-8H2,1-2H3,(H2,14,15,16,17). The summed E-state index contributed by atoms with van der Waals surface area (Å²) >= 11 is 0. The van der Waals surface area contributed by atoms with E-state index in [2.05, 4.69) is 15.6 Å². The van der Waals surface area contributed by atoms with Crippen LogP contribution in [0.5, 0.6) is 0 Å². The molecule has 0 saturated heterocycles. The van der Waals surface area contributed by atoms with Gasteiger partial charge < -0.3 is 10.1 Å². The summed E-state index contributed by atoms with van der Waals surface area (Å²) in [6.45, 7) is 2.44. The molecular formula is C13H19N3O2. The number of aromatic nitrogens is 1. The van der Waals surface area contributed by atoms with E-state index in [1.165, 1.54) is 0 Å². The molecule has 0 spiro atoms. The summed E-state index contributed by atoms with van der Waals surface area (Å²) in [6, 6.07) is 5.41. The Bertz CT molecular complexity index is 418. The fourth-order valence-electron chi connectivity index (χ4n) is 1.91. The molecule has 0 bridgehead atoms. The van der Waals surface area contributed by atoms with E-state index in [4.69, 9.17) is 4.74 Å². The van der Waals surface area contributed by atoms with Gasteiger partial charge in [0.1, 0.15) is 5.82 Å². The van der Waals surface area contributed by atoms with E-state index < -0.39 is 0 Å². The zero-order chi connectivity index (χ0) is 13.0. The van der Waals surface area contributed by atoms with Crippen LogP contribution in [0.3, 0.4) is 0 Å². The molecule has 5 nitrogen and oxygen atoms in total. The van der Waals surface area contributed by atoms with Crippen molar-refractivity contribution in [3.63, 3.8) is 0 Å². The maximum Gasteiger partial charge on any atom is 0.320 e. The molecule has 2 rings (SSSR count). The number of urea groups is 1. The van der Waals surface area contributed by atoms with E-state index in [9.17, 15) is 4.79 Å². The van der Waals surface area contributed by atoms with Gasteiger partial charge in [-0.05, 0) is 37.8 Å². The number of rotatable bonds is 5. The summed E-state index contributed by atoms with van der Waals surface area (Å²) < 4.78 is 5.12. The second-order valence-corrected chi connectivity index (χ2v) is 4.66. The third-order valence-corrected chi connectivity index (χ3v) is 2.98. The van der Waals surface area contributed by atoms with Crippen LogP contribution >= 0.6 is 0 Å². The molecule has 1 saturated carbocycles. The molecule has 0 radical (unpaired) electrons. The molecule has 5 heteroatoms. The zero-order valence-corrected chi connectivity index (χ0v) is 10.8. The van der Waals surface area contributed by atoms with Crippen molar-refractivity contribution in [2.24, 2.45) is 5.92 Å². The predicted octanol–water partition coefficient (Wildman–Crippen LogP) is 1.94. The average Bonchev–Trinajstić information content (AvgIpc) is 3.12. The summed E-state index contributed by atoms with van der Waals surface area (Å²) in [5.74, 6) is 1.13. The van der Waals surface area contributed by atoms with Crippen LogP contribution in [0.25, 0.3) is 0 Å². The van der Waals surface area contributed by atoms with E-state index in [-0.39, 0.29) is 12.1 Å². The van der Waals surface area contributed by atoms with Gasteiger partial charge in [0.2, 0.25) is 0 Å². The maximum atomic E-state index is 11.8. The van der Waals surface area contributed by atoms with Crippen molar-refractivity contribution in [1.82, 2.24) is 10.3 Å². The number of ether oxygens (including phenoxy) is 1. The number of nitrogens with zero attached hydrogens (tertiary/aromatic N) is 1. The fourth-order valence-corrected chi connectivity index (χ4v) is 1.91. The zero-order valence-electron chi connectivity index (χ0n) is 10.8. The number of carbonyl (C=O) groups excluding carboxylic acids is 1. The number of nitrogens with one attached hydrogen (secondary N) is 2. The monoisotopic (exact) mass is 249 g/mol. The van der Waals surface area contributed by atoms with Gasteiger partial charge in [-0.25, -0.2) is 9.78 Å². The second-order valence-electron chi connectivity index (χ2n) is 4.66. The molecule has 0 aromatic carbocycles. The summed E-state index contributed by atoms with van der Waals surface area (Å²) in [4.78, 5) is 16.0. The molecule has 1 unspecified atom stereocenters. The molecular weight excluding hydrogens is 230 g/mol. The number of anilines is 1. The quantitative estimate of drug-likeness (QED) is 0.838. The highest BCUT2D eigenvalue weighted by atomic mass is 16.5. The molecule has 1 fully saturated rings. The van der Waals surface area contributed by atoms with E-state index in [0.717, 1.165) is 18.5 Å². The Hall–Kier alpha value is -1.62. The van der Waals surface area contributed by atoms with Crippen molar-refractivity contribution in [2.75, 3.05) is 19.0 Å². The lowest BCUT2D eigenvalue weighted by molar-refractivity contribution is 0.159. The first-order valence-corrected chi connectivity index (χ1v) is 6.19. The molecule has 98 valence electrons. The average molecular weight is 249 g/mol. The highest BCUT2D eigenvalue weighted by molar-refractivity contribution is 5.88. The molecule has 1 aromatic rings. The summed E-state index contributed by atoms with van der Waals surface area (Å²) in [7, 11) is 1.65. The van der Waals surface area contributed by atoms with Crippen LogP contribution in [0, 0.1) is 12.8 Å². The Morgan fingerprint density at radius 2 is 2.33 bits per heavy atom. The van der Waals surface area contributed by atoms with Gasteiger partial charge in [0.15, 0.2) is 0 Å². The number of hydrogen-bond donors (Lipinski definition) is 2. The Labute approximate surface area is 107 Å². The molecule has 1 aliphatic carbocycles. The van der Waals surface area contributed by atoms with E-state index in [1.54, 1.807) is 13.2 Å². The first-order valence-electron chi connectivity index (χ1n) is 6.19. The van der Waals surface area contributed by atoms with Crippen molar-refractivity contribution in [2.45, 2.75) is 25.8 Å². The SMILES string of the molecule is COCC(NC(=O)Nc1cccc(C)n1)C1CC1. The lowest BCUT2D eigenvalue weighted by Crippen LogP contribution is -2.42. The second kappa shape index (κ2) is 5.82. The molecule has 2 amide bonds. The number of pyridine rings is 1. The lowest BCUT2D eigenvalue weighted by Gasteiger charge is -2.17. The third kappa shape index (κ3) is 3.70. The fraction of sp³-hybridized carbons (Fsp3) is 0.538. The molecule has 0 aliphatic heterocycles. The van der Waals surface area contributed by atoms with Gasteiger partial charge in [-0.2, -0.15) is 0 Å². The minimum absolute atomic E-state index is 0.0970. The van der Waals surface area contributed by atoms with Crippen LogP contribution < -0.4 is 10.6 Å². The number of hydrogen-bond acceptors (Lipinski definition) is 3. The number of carbonyl (C=O) groups is 1. The van der Waals surface area contributed by atoms with E-state index in [0.29, 0.717) is 18.3 Å². The van der Waals surface area contributed by atoms with Gasteiger partial charge >= 0.3 is 6.03 Å². The molecule has 1 atom stereocenters. The predicted molar refractivity (Wildman–Crippen MR) is 69.5 cm³/mol. The third-order valence-electron chi connectivity index (χ3n) is 2.98. The molecule has 1 aromatic heterocycles. The Morgan fingerprint density at radius 3 is 2.94 bits per heavy atom. The first-order chi connectivity index (χ1) is 8.69. The first kappa shape index (κ1) is 12.8. The highest BCUT2D eigenvalue weighted by Crippen LogP contribution is 2.32. The van der Waals surface area contributed by atoms with Crippen molar-refractivity contribution < 1.29 is 9.53 Å². The topological polar surface area (TPSA) is 63.2 Å². The Kier molecular flexibility index (Phi) is 4.15. The van der Waals surface area contributed by atoms with Gasteiger partial charge in [-0.1, -0.05) is 6.07 Å². The Balaban J connectivity index is 1.87. The van der Waals surface area contributed by atoms with Crippen molar-refractivity contribution in [1.29, 1.82) is 0 Å². The van der Waals surface area contributed by atoms with Crippen molar-refractivity contribution in [3.05, 3.63) is 23.9 Å².